The third kappa shape index (κ3) is 6.17. The topological polar surface area (TPSA) is 84.5 Å². The lowest BCUT2D eigenvalue weighted by atomic mass is 10.0. The zero-order chi connectivity index (χ0) is 21.7. The first-order chi connectivity index (χ1) is 14.2. The molecule has 0 aliphatic heterocycles. The van der Waals surface area contributed by atoms with Gasteiger partial charge in [-0.15, -0.1) is 0 Å². The van der Waals surface area contributed by atoms with Gasteiger partial charge in [0.15, 0.2) is 5.78 Å². The van der Waals surface area contributed by atoms with E-state index < -0.39 is 11.7 Å². The van der Waals surface area contributed by atoms with Crippen LogP contribution in [0, 0.1) is 0 Å². The van der Waals surface area contributed by atoms with E-state index >= 15 is 0 Å². The second-order valence-electron chi connectivity index (χ2n) is 8.51. The summed E-state index contributed by atoms with van der Waals surface area (Å²) in [7, 11) is 0. The fraction of sp³-hybridized carbons (Fsp3) is 0.375. The number of hydrogen-bond donors (Lipinski definition) is 2. The Labute approximate surface area is 177 Å². The molecule has 2 N–H and O–H groups in total. The minimum absolute atomic E-state index is 0.0169. The molecule has 158 valence electrons. The largest absolute Gasteiger partial charge is 0.444 e. The molecule has 3 rings (SSSR count). The van der Waals surface area contributed by atoms with Crippen molar-refractivity contribution in [2.45, 2.75) is 58.5 Å². The minimum Gasteiger partial charge on any atom is -0.444 e. The lowest BCUT2D eigenvalue weighted by molar-refractivity contribution is -0.116. The molecule has 0 atom stereocenters. The second-order valence-corrected chi connectivity index (χ2v) is 8.51. The van der Waals surface area contributed by atoms with E-state index in [2.05, 4.69) is 10.6 Å². The normalized spacial score (nSPS) is 12.8. The van der Waals surface area contributed by atoms with Crippen LogP contribution in [0.5, 0.6) is 0 Å². The average molecular weight is 408 g/mol. The number of anilines is 2. The molecule has 2 aromatic carbocycles. The van der Waals surface area contributed by atoms with Gasteiger partial charge in [0.2, 0.25) is 5.91 Å². The lowest BCUT2D eigenvalue weighted by Crippen LogP contribution is -2.27. The standard InChI is InChI=1S/C24H28N2O4/c1-24(2,3)30-23(29)26-20-11-9-19(10-12-20)25-22(28)14-13-21(27)18-8-7-16-5-4-6-17(16)15-18/h7-12,15H,4-6,13-14H2,1-3H3,(H,25,28)(H,26,29). The SMILES string of the molecule is CC(C)(C)OC(=O)Nc1ccc(NC(=O)CCC(=O)c2ccc3c(c2)CCC3)cc1. The van der Waals surface area contributed by atoms with Crippen LogP contribution in [0.3, 0.4) is 0 Å². The van der Waals surface area contributed by atoms with Crippen LogP contribution in [0.1, 0.15) is 61.5 Å². The maximum Gasteiger partial charge on any atom is 0.412 e. The van der Waals surface area contributed by atoms with Crippen LogP contribution in [0.15, 0.2) is 42.5 Å². The molecule has 0 radical (unpaired) electrons. The summed E-state index contributed by atoms with van der Waals surface area (Å²) in [5, 5.41) is 5.41. The van der Waals surface area contributed by atoms with Crippen molar-refractivity contribution < 1.29 is 19.1 Å². The number of benzene rings is 2. The van der Waals surface area contributed by atoms with Crippen LogP contribution in [0.25, 0.3) is 0 Å². The number of aryl methyl sites for hydroxylation is 2. The second kappa shape index (κ2) is 9.11. The van der Waals surface area contributed by atoms with Crippen LogP contribution >= 0.6 is 0 Å². The summed E-state index contributed by atoms with van der Waals surface area (Å²) in [5.41, 5.74) is 3.85. The molecule has 0 heterocycles. The Morgan fingerprint density at radius 3 is 2.17 bits per heavy atom. The first-order valence-corrected chi connectivity index (χ1v) is 10.2. The quantitative estimate of drug-likeness (QED) is 0.650. The smallest absolute Gasteiger partial charge is 0.412 e. The van der Waals surface area contributed by atoms with E-state index in [4.69, 9.17) is 4.74 Å². The van der Waals surface area contributed by atoms with Gasteiger partial charge in [-0.1, -0.05) is 12.1 Å². The molecule has 0 unspecified atom stereocenters. The maximum atomic E-state index is 12.4. The van der Waals surface area contributed by atoms with E-state index in [1.54, 1.807) is 45.0 Å². The van der Waals surface area contributed by atoms with Gasteiger partial charge in [0.05, 0.1) is 0 Å². The van der Waals surface area contributed by atoms with Gasteiger partial charge < -0.3 is 10.1 Å². The van der Waals surface area contributed by atoms with Crippen molar-refractivity contribution in [3.05, 3.63) is 59.2 Å². The number of nitrogens with one attached hydrogen (secondary N) is 2. The summed E-state index contributed by atoms with van der Waals surface area (Å²) in [6.45, 7) is 5.38. The fourth-order valence-corrected chi connectivity index (χ4v) is 3.40. The summed E-state index contributed by atoms with van der Waals surface area (Å²) in [6.07, 6.45) is 3.00. The molecule has 0 bridgehead atoms. The number of carbonyl (C=O) groups excluding carboxylic acids is 3. The van der Waals surface area contributed by atoms with Crippen LogP contribution < -0.4 is 10.6 Å². The third-order valence-corrected chi connectivity index (χ3v) is 4.81. The fourth-order valence-electron chi connectivity index (χ4n) is 3.40. The Bertz CT molecular complexity index is 943. The van der Waals surface area contributed by atoms with E-state index in [-0.39, 0.29) is 24.5 Å². The van der Waals surface area contributed by atoms with Crippen molar-refractivity contribution in [1.82, 2.24) is 0 Å². The minimum atomic E-state index is -0.574. The third-order valence-electron chi connectivity index (χ3n) is 4.81. The highest BCUT2D eigenvalue weighted by Crippen LogP contribution is 2.23. The van der Waals surface area contributed by atoms with Crippen molar-refractivity contribution in [3.63, 3.8) is 0 Å². The van der Waals surface area contributed by atoms with E-state index in [9.17, 15) is 14.4 Å². The Balaban J connectivity index is 1.46. The first kappa shape index (κ1) is 21.6. The van der Waals surface area contributed by atoms with Gasteiger partial charge in [0.1, 0.15) is 5.60 Å². The number of amides is 2. The molecule has 0 fully saturated rings. The zero-order valence-corrected chi connectivity index (χ0v) is 17.7. The number of hydrogen-bond acceptors (Lipinski definition) is 4. The van der Waals surface area contributed by atoms with E-state index in [0.29, 0.717) is 16.9 Å². The summed E-state index contributed by atoms with van der Waals surface area (Å²) in [5.74, 6) is -0.242. The number of ketones is 1. The molecule has 6 heteroatoms. The van der Waals surface area contributed by atoms with Crippen molar-refractivity contribution in [3.8, 4) is 0 Å². The molecular weight excluding hydrogens is 380 g/mol. The average Bonchev–Trinajstić information content (AvgIpc) is 3.14. The number of ether oxygens (including phenoxy) is 1. The molecule has 2 amide bonds. The van der Waals surface area contributed by atoms with Crippen LogP contribution in [0.4, 0.5) is 16.2 Å². The first-order valence-electron chi connectivity index (χ1n) is 10.2. The molecule has 1 aliphatic carbocycles. The van der Waals surface area contributed by atoms with E-state index in [1.165, 1.54) is 11.1 Å². The van der Waals surface area contributed by atoms with Gasteiger partial charge in [-0.05, 0) is 81.5 Å². The van der Waals surface area contributed by atoms with Gasteiger partial charge >= 0.3 is 6.09 Å². The van der Waals surface area contributed by atoms with Crippen LogP contribution in [-0.4, -0.2) is 23.4 Å². The Morgan fingerprint density at radius 1 is 0.867 bits per heavy atom. The number of carbonyl (C=O) groups is 3. The van der Waals surface area contributed by atoms with Crippen molar-refractivity contribution in [1.29, 1.82) is 0 Å². The molecule has 0 spiro atoms. The molecule has 1 aliphatic rings. The van der Waals surface area contributed by atoms with Crippen molar-refractivity contribution in [2.75, 3.05) is 10.6 Å². The number of Topliss-reactive ketones (excluding diaryl/α,β-unsaturated/α-hetero) is 1. The predicted octanol–water partition coefficient (Wildman–Crippen LogP) is 5.12. The molecule has 2 aromatic rings. The molecule has 0 saturated carbocycles. The van der Waals surface area contributed by atoms with Gasteiger partial charge in [0.25, 0.3) is 0 Å². The highest BCUT2D eigenvalue weighted by Gasteiger charge is 2.17. The van der Waals surface area contributed by atoms with Crippen molar-refractivity contribution >= 4 is 29.2 Å². The van der Waals surface area contributed by atoms with Gasteiger partial charge in [0, 0.05) is 29.8 Å². The van der Waals surface area contributed by atoms with Gasteiger partial charge in [-0.25, -0.2) is 4.79 Å². The van der Waals surface area contributed by atoms with Gasteiger partial charge in [-0.3, -0.25) is 14.9 Å². The Hall–Kier alpha value is -3.15. The van der Waals surface area contributed by atoms with E-state index in [0.717, 1.165) is 19.3 Å². The molecule has 30 heavy (non-hydrogen) atoms. The Kier molecular flexibility index (Phi) is 6.55. The highest BCUT2D eigenvalue weighted by molar-refractivity contribution is 6.00. The number of rotatable bonds is 6. The monoisotopic (exact) mass is 408 g/mol. The maximum absolute atomic E-state index is 12.4. The van der Waals surface area contributed by atoms with Crippen molar-refractivity contribution in [2.24, 2.45) is 0 Å². The summed E-state index contributed by atoms with van der Waals surface area (Å²) in [4.78, 5) is 36.4. The van der Waals surface area contributed by atoms with E-state index in [1.807, 2.05) is 18.2 Å². The molecular formula is C24H28N2O4. The van der Waals surface area contributed by atoms with Gasteiger partial charge in [-0.2, -0.15) is 0 Å². The highest BCUT2D eigenvalue weighted by atomic mass is 16.6. The summed E-state index contributed by atoms with van der Waals surface area (Å²) < 4.78 is 5.20. The molecule has 6 nitrogen and oxygen atoms in total. The zero-order valence-electron chi connectivity index (χ0n) is 17.7. The number of fused-ring (bicyclic) bond motifs is 1. The summed E-state index contributed by atoms with van der Waals surface area (Å²) >= 11 is 0. The lowest BCUT2D eigenvalue weighted by Gasteiger charge is -2.19. The molecule has 0 aromatic heterocycles. The van der Waals surface area contributed by atoms with Crippen LogP contribution in [-0.2, 0) is 22.4 Å². The Morgan fingerprint density at radius 2 is 1.50 bits per heavy atom. The molecule has 0 saturated heterocycles. The van der Waals surface area contributed by atoms with Crippen LogP contribution in [0.2, 0.25) is 0 Å². The summed E-state index contributed by atoms with van der Waals surface area (Å²) in [6, 6.07) is 12.6. The predicted molar refractivity (Wildman–Crippen MR) is 117 cm³/mol.